The summed E-state index contributed by atoms with van der Waals surface area (Å²) < 4.78 is 50.4. The number of hydrogen-bond acceptors (Lipinski definition) is 7. The highest BCUT2D eigenvalue weighted by atomic mass is 19.4. The van der Waals surface area contributed by atoms with E-state index >= 15 is 0 Å². The van der Waals surface area contributed by atoms with Gasteiger partial charge in [-0.3, -0.25) is 0 Å². The van der Waals surface area contributed by atoms with Gasteiger partial charge in [0, 0.05) is 17.7 Å². The van der Waals surface area contributed by atoms with Gasteiger partial charge in [0.25, 0.3) is 0 Å². The summed E-state index contributed by atoms with van der Waals surface area (Å²) in [6.45, 7) is 7.44. The minimum absolute atomic E-state index is 0.0576. The second kappa shape index (κ2) is 9.42. The highest BCUT2D eigenvalue weighted by Crippen LogP contribution is 2.32. The minimum Gasteiger partial charge on any atom is -0.459 e. The van der Waals surface area contributed by atoms with Crippen LogP contribution in [-0.4, -0.2) is 45.1 Å². The molecule has 1 fully saturated rings. The van der Waals surface area contributed by atoms with Gasteiger partial charge in [-0.05, 0) is 38.3 Å². The Labute approximate surface area is 189 Å². The van der Waals surface area contributed by atoms with Crippen LogP contribution in [0.2, 0.25) is 0 Å². The molecule has 3 heterocycles. The Bertz CT molecular complexity index is 1100. The van der Waals surface area contributed by atoms with Crippen molar-refractivity contribution < 1.29 is 22.6 Å². The Balaban J connectivity index is 1.68. The van der Waals surface area contributed by atoms with Crippen LogP contribution in [0, 0.1) is 0 Å². The minimum atomic E-state index is -4.79. The molecule has 0 spiro atoms. The van der Waals surface area contributed by atoms with E-state index in [1.165, 1.54) is 12.1 Å². The van der Waals surface area contributed by atoms with Gasteiger partial charge in [-0.1, -0.05) is 32.0 Å². The first-order chi connectivity index (χ1) is 15.7. The summed E-state index contributed by atoms with van der Waals surface area (Å²) in [6.07, 6.45) is -1.25. The zero-order valence-electron chi connectivity index (χ0n) is 18.7. The number of nitrogens with zero attached hydrogens (tertiary/aromatic N) is 4. The lowest BCUT2D eigenvalue weighted by molar-refractivity contribution is -0.274. The third-order valence-electron chi connectivity index (χ3n) is 5.48. The molecule has 1 aliphatic heterocycles. The second-order valence-electron chi connectivity index (χ2n) is 8.36. The van der Waals surface area contributed by atoms with E-state index in [-0.39, 0.29) is 23.8 Å². The van der Waals surface area contributed by atoms with E-state index in [4.69, 9.17) is 4.74 Å². The molecule has 33 heavy (non-hydrogen) atoms. The van der Waals surface area contributed by atoms with Gasteiger partial charge >= 0.3 is 12.4 Å². The van der Waals surface area contributed by atoms with Gasteiger partial charge in [-0.2, -0.15) is 19.6 Å². The lowest BCUT2D eigenvalue weighted by Crippen LogP contribution is -2.37. The molecule has 1 aliphatic rings. The van der Waals surface area contributed by atoms with Crippen LogP contribution in [0.5, 0.6) is 11.8 Å². The largest absolute Gasteiger partial charge is 0.573 e. The lowest BCUT2D eigenvalue weighted by atomic mass is 10.1. The molecule has 0 unspecified atom stereocenters. The van der Waals surface area contributed by atoms with Crippen molar-refractivity contribution in [3.8, 4) is 11.8 Å². The maximum Gasteiger partial charge on any atom is 0.573 e. The summed E-state index contributed by atoms with van der Waals surface area (Å²) in [5, 5.41) is 10.9. The number of piperidine rings is 1. The number of anilines is 1. The fraction of sp³-hybridized carbons (Fsp3) is 0.500. The van der Waals surface area contributed by atoms with Crippen molar-refractivity contribution in [1.29, 1.82) is 0 Å². The van der Waals surface area contributed by atoms with Crippen molar-refractivity contribution >= 4 is 11.6 Å². The smallest absolute Gasteiger partial charge is 0.459 e. The SMILES string of the molecule is CC(C)c1cnn2c(N[C@@H](C)c3ccccc3OC(F)(F)F)nc(O[C@@H]3CCCNC3)nc12. The Morgan fingerprint density at radius 3 is 2.64 bits per heavy atom. The van der Waals surface area contributed by atoms with E-state index in [1.807, 2.05) is 13.8 Å². The van der Waals surface area contributed by atoms with Crippen molar-refractivity contribution in [2.45, 2.75) is 58.0 Å². The van der Waals surface area contributed by atoms with Crippen molar-refractivity contribution in [3.63, 3.8) is 0 Å². The van der Waals surface area contributed by atoms with Crippen LogP contribution in [0.15, 0.2) is 30.5 Å². The number of nitrogens with one attached hydrogen (secondary N) is 2. The molecule has 2 N–H and O–H groups in total. The molecule has 0 radical (unpaired) electrons. The van der Waals surface area contributed by atoms with Gasteiger partial charge in [-0.25, -0.2) is 0 Å². The molecule has 1 aromatic carbocycles. The fourth-order valence-electron chi connectivity index (χ4n) is 3.83. The third kappa shape index (κ3) is 5.47. The number of hydrogen-bond donors (Lipinski definition) is 2. The molecule has 0 aliphatic carbocycles. The van der Waals surface area contributed by atoms with Crippen LogP contribution in [0.4, 0.5) is 19.1 Å². The monoisotopic (exact) mass is 464 g/mol. The van der Waals surface area contributed by atoms with E-state index in [1.54, 1.807) is 29.8 Å². The van der Waals surface area contributed by atoms with E-state index < -0.39 is 12.4 Å². The molecule has 178 valence electrons. The first kappa shape index (κ1) is 23.1. The normalized spacial score (nSPS) is 17.8. The molecule has 0 saturated carbocycles. The molecule has 0 amide bonds. The zero-order chi connectivity index (χ0) is 23.6. The molecule has 11 heteroatoms. The van der Waals surface area contributed by atoms with Crippen LogP contribution in [0.3, 0.4) is 0 Å². The first-order valence-electron chi connectivity index (χ1n) is 11.0. The van der Waals surface area contributed by atoms with Crippen LogP contribution in [0.1, 0.15) is 56.7 Å². The molecular formula is C22H27F3N6O2. The standard InChI is InChI=1S/C22H27F3N6O2/c1-13(2)17-12-27-31-19(17)29-21(32-15-7-6-10-26-11-15)30-20(31)28-14(3)16-8-4-5-9-18(16)33-22(23,24)25/h4-5,8-9,12-15,26H,6-7,10-11H2,1-3H3,(H,28,29,30)/t14-,15+/m0/s1. The van der Waals surface area contributed by atoms with Crippen LogP contribution >= 0.6 is 0 Å². The topological polar surface area (TPSA) is 85.6 Å². The number of para-hydroxylation sites is 1. The van der Waals surface area contributed by atoms with Gasteiger partial charge < -0.3 is 20.1 Å². The number of fused-ring (bicyclic) bond motifs is 1. The van der Waals surface area contributed by atoms with Gasteiger partial charge in [-0.15, -0.1) is 13.2 Å². The van der Waals surface area contributed by atoms with Crippen molar-refractivity contribution in [2.75, 3.05) is 18.4 Å². The molecule has 2 aromatic heterocycles. The Morgan fingerprint density at radius 1 is 1.15 bits per heavy atom. The summed E-state index contributed by atoms with van der Waals surface area (Å²) in [5.41, 5.74) is 1.84. The van der Waals surface area contributed by atoms with Gasteiger partial charge in [0.1, 0.15) is 11.9 Å². The Hall–Kier alpha value is -3.08. The fourth-order valence-corrected chi connectivity index (χ4v) is 3.83. The number of halogens is 3. The third-order valence-corrected chi connectivity index (χ3v) is 5.48. The zero-order valence-corrected chi connectivity index (χ0v) is 18.7. The summed E-state index contributed by atoms with van der Waals surface area (Å²) >= 11 is 0. The lowest BCUT2D eigenvalue weighted by Gasteiger charge is -2.23. The Kier molecular flexibility index (Phi) is 6.59. The second-order valence-corrected chi connectivity index (χ2v) is 8.36. The highest BCUT2D eigenvalue weighted by Gasteiger charge is 2.32. The molecular weight excluding hydrogens is 437 g/mol. The van der Waals surface area contributed by atoms with Gasteiger partial charge in [0.05, 0.1) is 12.2 Å². The Morgan fingerprint density at radius 2 is 1.94 bits per heavy atom. The maximum absolute atomic E-state index is 12.9. The maximum atomic E-state index is 12.9. The van der Waals surface area contributed by atoms with E-state index in [0.717, 1.165) is 24.9 Å². The van der Waals surface area contributed by atoms with Crippen molar-refractivity contribution in [2.24, 2.45) is 0 Å². The summed E-state index contributed by atoms with van der Waals surface area (Å²) in [7, 11) is 0. The van der Waals surface area contributed by atoms with Gasteiger partial charge in [0.15, 0.2) is 5.65 Å². The van der Waals surface area contributed by atoms with E-state index in [9.17, 15) is 13.2 Å². The molecule has 4 rings (SSSR count). The molecule has 2 atom stereocenters. The first-order valence-corrected chi connectivity index (χ1v) is 11.0. The van der Waals surface area contributed by atoms with Crippen LogP contribution in [-0.2, 0) is 0 Å². The molecule has 3 aromatic rings. The van der Waals surface area contributed by atoms with Crippen molar-refractivity contribution in [3.05, 3.63) is 41.6 Å². The average Bonchev–Trinajstić information content (AvgIpc) is 3.18. The number of ether oxygens (including phenoxy) is 2. The number of aromatic nitrogens is 4. The van der Waals surface area contributed by atoms with Crippen LogP contribution in [0.25, 0.3) is 5.65 Å². The molecule has 1 saturated heterocycles. The number of alkyl halides is 3. The summed E-state index contributed by atoms with van der Waals surface area (Å²) in [5.74, 6) is 0.205. The number of rotatable bonds is 7. The average molecular weight is 464 g/mol. The predicted molar refractivity (Wildman–Crippen MR) is 117 cm³/mol. The summed E-state index contributed by atoms with van der Waals surface area (Å²) in [4.78, 5) is 9.09. The van der Waals surface area contributed by atoms with E-state index in [0.29, 0.717) is 23.7 Å². The van der Waals surface area contributed by atoms with Crippen molar-refractivity contribution in [1.82, 2.24) is 24.9 Å². The van der Waals surface area contributed by atoms with Gasteiger partial charge in [0.2, 0.25) is 5.95 Å². The quantitative estimate of drug-likeness (QED) is 0.534. The van der Waals surface area contributed by atoms with Crippen LogP contribution < -0.4 is 20.1 Å². The predicted octanol–water partition coefficient (Wildman–Crippen LogP) is 4.45. The van der Waals surface area contributed by atoms with E-state index in [2.05, 4.69) is 30.4 Å². The summed E-state index contributed by atoms with van der Waals surface area (Å²) in [6, 6.07) is 5.64. The molecule has 0 bridgehead atoms. The molecule has 8 nitrogen and oxygen atoms in total. The highest BCUT2D eigenvalue weighted by molar-refractivity contribution is 5.53. The number of benzene rings is 1.